The van der Waals surface area contributed by atoms with Crippen LogP contribution in [0, 0.1) is 11.3 Å². The standard InChI is InChI=1S/C19H20BrN3OS/c1-2-3-4-16-8-5-14(13-21)19(23-16)25-12-11-18(24)22-17-9-6-15(20)7-10-17/h5-10H,2-4,11-12H2,1H3,(H,22,24). The van der Waals surface area contributed by atoms with E-state index in [1.807, 2.05) is 36.4 Å². The molecule has 1 aromatic carbocycles. The van der Waals surface area contributed by atoms with Crippen molar-refractivity contribution in [1.29, 1.82) is 5.26 Å². The second kappa shape index (κ2) is 10.2. The number of nitriles is 1. The lowest BCUT2D eigenvalue weighted by atomic mass is 10.2. The Morgan fingerprint density at radius 2 is 2.04 bits per heavy atom. The van der Waals surface area contributed by atoms with Crippen LogP contribution < -0.4 is 5.32 Å². The number of aromatic nitrogens is 1. The lowest BCUT2D eigenvalue weighted by Gasteiger charge is -2.07. The Morgan fingerprint density at radius 3 is 2.72 bits per heavy atom. The van der Waals surface area contributed by atoms with Crippen LogP contribution in [0.25, 0.3) is 0 Å². The lowest BCUT2D eigenvalue weighted by Crippen LogP contribution is -2.12. The van der Waals surface area contributed by atoms with E-state index in [4.69, 9.17) is 0 Å². The summed E-state index contributed by atoms with van der Waals surface area (Å²) < 4.78 is 0.971. The zero-order chi connectivity index (χ0) is 18.1. The van der Waals surface area contributed by atoms with Gasteiger partial charge in [0, 0.05) is 28.0 Å². The fraction of sp³-hybridized carbons (Fsp3) is 0.316. The van der Waals surface area contributed by atoms with Crippen LogP contribution in [-0.4, -0.2) is 16.6 Å². The van der Waals surface area contributed by atoms with Crippen molar-refractivity contribution in [2.75, 3.05) is 11.1 Å². The van der Waals surface area contributed by atoms with Crippen LogP contribution in [-0.2, 0) is 11.2 Å². The molecule has 0 aliphatic heterocycles. The summed E-state index contributed by atoms with van der Waals surface area (Å²) in [5, 5.41) is 12.8. The molecule has 1 aromatic heterocycles. The molecule has 0 saturated heterocycles. The predicted molar refractivity (Wildman–Crippen MR) is 106 cm³/mol. The van der Waals surface area contributed by atoms with Crippen LogP contribution in [0.3, 0.4) is 0 Å². The Bertz CT molecular complexity index is 756. The molecule has 25 heavy (non-hydrogen) atoms. The van der Waals surface area contributed by atoms with Crippen molar-refractivity contribution in [2.45, 2.75) is 37.6 Å². The largest absolute Gasteiger partial charge is 0.326 e. The van der Waals surface area contributed by atoms with Crippen LogP contribution in [0.1, 0.15) is 37.4 Å². The van der Waals surface area contributed by atoms with Crippen molar-refractivity contribution in [3.05, 3.63) is 52.1 Å². The first-order valence-electron chi connectivity index (χ1n) is 8.20. The van der Waals surface area contributed by atoms with Gasteiger partial charge in [-0.25, -0.2) is 4.98 Å². The molecule has 1 amide bonds. The molecule has 1 heterocycles. The Kier molecular flexibility index (Phi) is 7.96. The SMILES string of the molecule is CCCCc1ccc(C#N)c(SCCC(=O)Nc2ccc(Br)cc2)n1. The number of carbonyl (C=O) groups excluding carboxylic acids is 1. The minimum atomic E-state index is -0.0459. The van der Waals surface area contributed by atoms with Gasteiger partial charge >= 0.3 is 0 Å². The molecule has 6 heteroatoms. The second-order valence-corrected chi connectivity index (χ2v) is 7.52. The van der Waals surface area contributed by atoms with Gasteiger partial charge in [-0.1, -0.05) is 29.3 Å². The van der Waals surface area contributed by atoms with E-state index in [1.165, 1.54) is 11.8 Å². The van der Waals surface area contributed by atoms with E-state index in [2.05, 4.69) is 39.2 Å². The summed E-state index contributed by atoms with van der Waals surface area (Å²) in [7, 11) is 0. The Labute approximate surface area is 161 Å². The van der Waals surface area contributed by atoms with Gasteiger partial charge in [0.05, 0.1) is 5.56 Å². The number of amides is 1. The van der Waals surface area contributed by atoms with Gasteiger partial charge in [0.2, 0.25) is 5.91 Å². The topological polar surface area (TPSA) is 65.8 Å². The van der Waals surface area contributed by atoms with Gasteiger partial charge in [-0.05, 0) is 49.2 Å². The number of halogens is 1. The third-order valence-corrected chi connectivity index (χ3v) is 5.04. The number of nitrogens with one attached hydrogen (secondary N) is 1. The minimum absolute atomic E-state index is 0.0459. The predicted octanol–water partition coefficient (Wildman–Crippen LogP) is 5.18. The summed E-state index contributed by atoms with van der Waals surface area (Å²) in [5.74, 6) is 0.539. The highest BCUT2D eigenvalue weighted by atomic mass is 79.9. The van der Waals surface area contributed by atoms with Gasteiger partial charge in [-0.3, -0.25) is 4.79 Å². The first-order chi connectivity index (χ1) is 12.1. The quantitative estimate of drug-likeness (QED) is 0.600. The Balaban J connectivity index is 1.88. The second-order valence-electron chi connectivity index (χ2n) is 5.52. The number of thioether (sulfide) groups is 1. The number of aryl methyl sites for hydroxylation is 1. The number of hydrogen-bond donors (Lipinski definition) is 1. The van der Waals surface area contributed by atoms with Crippen LogP contribution in [0.4, 0.5) is 5.69 Å². The van der Waals surface area contributed by atoms with Crippen LogP contribution >= 0.6 is 27.7 Å². The number of benzene rings is 1. The molecule has 1 N–H and O–H groups in total. The molecular formula is C19H20BrN3OS. The van der Waals surface area contributed by atoms with Gasteiger partial charge in [0.25, 0.3) is 0 Å². The lowest BCUT2D eigenvalue weighted by molar-refractivity contribution is -0.115. The van der Waals surface area contributed by atoms with E-state index in [0.717, 1.165) is 35.1 Å². The maximum atomic E-state index is 12.0. The molecule has 0 bridgehead atoms. The first-order valence-corrected chi connectivity index (χ1v) is 9.98. The maximum Gasteiger partial charge on any atom is 0.225 e. The molecule has 2 rings (SSSR count). The van der Waals surface area contributed by atoms with E-state index in [-0.39, 0.29) is 5.91 Å². The minimum Gasteiger partial charge on any atom is -0.326 e. The smallest absolute Gasteiger partial charge is 0.225 e. The highest BCUT2D eigenvalue weighted by Gasteiger charge is 2.09. The molecule has 2 aromatic rings. The molecule has 0 radical (unpaired) electrons. The first kappa shape index (κ1) is 19.5. The van der Waals surface area contributed by atoms with Crippen molar-refractivity contribution in [1.82, 2.24) is 4.98 Å². The average molecular weight is 418 g/mol. The molecule has 130 valence electrons. The fourth-order valence-electron chi connectivity index (χ4n) is 2.17. The zero-order valence-corrected chi connectivity index (χ0v) is 16.5. The Morgan fingerprint density at radius 1 is 1.28 bits per heavy atom. The molecule has 0 aliphatic rings. The number of pyridine rings is 1. The van der Waals surface area contributed by atoms with Crippen molar-refractivity contribution in [3.8, 4) is 6.07 Å². The molecule has 0 aliphatic carbocycles. The van der Waals surface area contributed by atoms with Crippen molar-refractivity contribution >= 4 is 39.3 Å². The molecule has 4 nitrogen and oxygen atoms in total. The molecule has 0 spiro atoms. The van der Waals surface area contributed by atoms with E-state index < -0.39 is 0 Å². The van der Waals surface area contributed by atoms with E-state index in [9.17, 15) is 10.1 Å². The zero-order valence-electron chi connectivity index (χ0n) is 14.1. The van der Waals surface area contributed by atoms with Gasteiger partial charge in [-0.2, -0.15) is 5.26 Å². The van der Waals surface area contributed by atoms with Crippen LogP contribution in [0.15, 0.2) is 45.9 Å². The monoisotopic (exact) mass is 417 g/mol. The normalized spacial score (nSPS) is 10.3. The van der Waals surface area contributed by atoms with Crippen molar-refractivity contribution in [3.63, 3.8) is 0 Å². The maximum absolute atomic E-state index is 12.0. The highest BCUT2D eigenvalue weighted by Crippen LogP contribution is 2.22. The summed E-state index contributed by atoms with van der Waals surface area (Å²) in [6, 6.07) is 13.4. The molecule has 0 atom stereocenters. The number of carbonyl (C=O) groups is 1. The van der Waals surface area contributed by atoms with E-state index >= 15 is 0 Å². The van der Waals surface area contributed by atoms with Crippen LogP contribution in [0.2, 0.25) is 0 Å². The summed E-state index contributed by atoms with van der Waals surface area (Å²) in [5.41, 5.74) is 2.34. The number of nitrogens with zero attached hydrogens (tertiary/aromatic N) is 2. The molecule has 0 saturated carbocycles. The van der Waals surface area contributed by atoms with Gasteiger partial charge in [0.1, 0.15) is 11.1 Å². The molecular weight excluding hydrogens is 398 g/mol. The third-order valence-electron chi connectivity index (χ3n) is 3.52. The van der Waals surface area contributed by atoms with Crippen LogP contribution in [0.5, 0.6) is 0 Å². The van der Waals surface area contributed by atoms with Gasteiger partial charge in [-0.15, -0.1) is 11.8 Å². The van der Waals surface area contributed by atoms with E-state index in [0.29, 0.717) is 22.8 Å². The number of hydrogen-bond acceptors (Lipinski definition) is 4. The van der Waals surface area contributed by atoms with Gasteiger partial charge in [0.15, 0.2) is 0 Å². The average Bonchev–Trinajstić information content (AvgIpc) is 2.62. The number of rotatable bonds is 8. The molecule has 0 unspecified atom stereocenters. The summed E-state index contributed by atoms with van der Waals surface area (Å²) in [6.45, 7) is 2.14. The Hall–Kier alpha value is -1.84. The fourth-order valence-corrected chi connectivity index (χ4v) is 3.36. The van der Waals surface area contributed by atoms with Crippen molar-refractivity contribution in [2.24, 2.45) is 0 Å². The number of unbranched alkanes of at least 4 members (excludes halogenated alkanes) is 1. The van der Waals surface area contributed by atoms with Gasteiger partial charge < -0.3 is 5.32 Å². The number of anilines is 1. The van der Waals surface area contributed by atoms with E-state index in [1.54, 1.807) is 0 Å². The summed E-state index contributed by atoms with van der Waals surface area (Å²) in [4.78, 5) is 16.6. The summed E-state index contributed by atoms with van der Waals surface area (Å²) in [6.07, 6.45) is 3.48. The van der Waals surface area contributed by atoms with Crippen molar-refractivity contribution < 1.29 is 4.79 Å². The molecule has 0 fully saturated rings. The highest BCUT2D eigenvalue weighted by molar-refractivity contribution is 9.10. The summed E-state index contributed by atoms with van der Waals surface area (Å²) >= 11 is 4.82. The third kappa shape index (κ3) is 6.52.